The minimum absolute atomic E-state index is 0.261. The van der Waals surface area contributed by atoms with E-state index in [1.165, 1.54) is 9.78 Å². The van der Waals surface area contributed by atoms with Crippen LogP contribution in [0, 0.1) is 0 Å². The molecule has 1 rings (SSSR count). The van der Waals surface area contributed by atoms with Crippen LogP contribution in [-0.2, 0) is 17.7 Å². The van der Waals surface area contributed by atoms with E-state index in [-0.39, 0.29) is 6.54 Å². The summed E-state index contributed by atoms with van der Waals surface area (Å²) in [7, 11) is 0. The van der Waals surface area contributed by atoms with E-state index in [9.17, 15) is 9.90 Å². The Morgan fingerprint density at radius 2 is 2.22 bits per heavy atom. The Hall–Kier alpha value is -1.18. The van der Waals surface area contributed by atoms with Crippen molar-refractivity contribution in [1.29, 1.82) is 0 Å². The maximum absolute atomic E-state index is 12.2. The highest BCUT2D eigenvalue weighted by Gasteiger charge is 2.22. The predicted octanol–water partition coefficient (Wildman–Crippen LogP) is 2.41. The van der Waals surface area contributed by atoms with Crippen LogP contribution < -0.4 is 5.32 Å². The minimum Gasteiger partial charge on any atom is -0.444 e. The number of carbonyl (C=O) groups excluding carboxylic acids is 1. The molecule has 1 heterocycles. The zero-order valence-corrected chi connectivity index (χ0v) is 15.6. The molecule has 1 aromatic heterocycles. The predicted molar refractivity (Wildman–Crippen MR) is 92.7 cm³/mol. The van der Waals surface area contributed by atoms with Gasteiger partial charge in [-0.25, -0.2) is 9.78 Å². The van der Waals surface area contributed by atoms with Gasteiger partial charge in [0.2, 0.25) is 0 Å². The first kappa shape index (κ1) is 19.9. The van der Waals surface area contributed by atoms with E-state index in [0.29, 0.717) is 13.1 Å². The quantitative estimate of drug-likeness (QED) is 0.709. The van der Waals surface area contributed by atoms with E-state index < -0.39 is 17.8 Å². The molecular weight excluding hydrogens is 314 g/mol. The second kappa shape index (κ2) is 9.20. The van der Waals surface area contributed by atoms with E-state index in [0.717, 1.165) is 18.0 Å². The number of aromatic nitrogens is 1. The highest BCUT2D eigenvalue weighted by molar-refractivity contribution is 7.11. The summed E-state index contributed by atoms with van der Waals surface area (Å²) in [6.45, 7) is 11.4. The largest absolute Gasteiger partial charge is 0.444 e. The molecule has 132 valence electrons. The molecule has 0 bridgehead atoms. The second-order valence-electron chi connectivity index (χ2n) is 6.53. The van der Waals surface area contributed by atoms with Gasteiger partial charge in [-0.15, -0.1) is 11.3 Å². The van der Waals surface area contributed by atoms with Gasteiger partial charge >= 0.3 is 6.09 Å². The molecule has 23 heavy (non-hydrogen) atoms. The van der Waals surface area contributed by atoms with Crippen molar-refractivity contribution in [1.82, 2.24) is 15.2 Å². The molecule has 0 saturated carbocycles. The van der Waals surface area contributed by atoms with Crippen molar-refractivity contribution in [2.24, 2.45) is 0 Å². The molecule has 6 nitrogen and oxygen atoms in total. The van der Waals surface area contributed by atoms with Crippen LogP contribution in [0.15, 0.2) is 6.20 Å². The summed E-state index contributed by atoms with van der Waals surface area (Å²) in [4.78, 5) is 19.2. The molecule has 1 aromatic rings. The molecule has 0 aromatic carbocycles. The molecule has 1 atom stereocenters. The third-order valence-corrected chi connectivity index (χ3v) is 4.04. The summed E-state index contributed by atoms with van der Waals surface area (Å²) >= 11 is 1.70. The van der Waals surface area contributed by atoms with Gasteiger partial charge in [-0.2, -0.15) is 0 Å². The van der Waals surface area contributed by atoms with E-state index in [4.69, 9.17) is 4.74 Å². The van der Waals surface area contributed by atoms with Crippen LogP contribution in [0.25, 0.3) is 0 Å². The van der Waals surface area contributed by atoms with Crippen molar-refractivity contribution in [3.63, 3.8) is 0 Å². The van der Waals surface area contributed by atoms with Crippen LogP contribution in [-0.4, -0.2) is 52.4 Å². The first-order chi connectivity index (χ1) is 10.7. The van der Waals surface area contributed by atoms with Gasteiger partial charge in [-0.05, 0) is 34.1 Å². The van der Waals surface area contributed by atoms with Crippen molar-refractivity contribution in [2.45, 2.75) is 59.3 Å². The van der Waals surface area contributed by atoms with Crippen molar-refractivity contribution >= 4 is 17.4 Å². The first-order valence-corrected chi connectivity index (χ1v) is 8.83. The van der Waals surface area contributed by atoms with E-state index >= 15 is 0 Å². The Balaban J connectivity index is 2.42. The number of nitrogens with one attached hydrogen (secondary N) is 1. The number of nitrogens with zero attached hydrogens (tertiary/aromatic N) is 2. The van der Waals surface area contributed by atoms with Gasteiger partial charge in [0.15, 0.2) is 0 Å². The average molecular weight is 343 g/mol. The summed E-state index contributed by atoms with van der Waals surface area (Å²) in [6, 6.07) is 0. The number of thiazole rings is 1. The Bertz CT molecular complexity index is 483. The number of ether oxygens (including phenoxy) is 1. The number of aliphatic hydroxyl groups is 1. The van der Waals surface area contributed by atoms with Gasteiger partial charge < -0.3 is 20.1 Å². The summed E-state index contributed by atoms with van der Waals surface area (Å²) in [5.41, 5.74) is -0.541. The molecule has 7 heteroatoms. The topological polar surface area (TPSA) is 74.7 Å². The van der Waals surface area contributed by atoms with Gasteiger partial charge in [-0.1, -0.05) is 6.92 Å². The van der Waals surface area contributed by atoms with Crippen LogP contribution in [0.5, 0.6) is 0 Å². The Labute approximate surface area is 142 Å². The molecule has 0 aliphatic heterocycles. The van der Waals surface area contributed by atoms with E-state index in [1.54, 1.807) is 18.3 Å². The molecule has 0 aliphatic carbocycles. The lowest BCUT2D eigenvalue weighted by Gasteiger charge is -2.28. The highest BCUT2D eigenvalue weighted by Crippen LogP contribution is 2.13. The van der Waals surface area contributed by atoms with E-state index in [2.05, 4.69) is 17.2 Å². The molecular formula is C16H29N3O3S. The van der Waals surface area contributed by atoms with Gasteiger partial charge in [0, 0.05) is 37.3 Å². The molecule has 0 radical (unpaired) electrons. The summed E-state index contributed by atoms with van der Waals surface area (Å²) < 4.78 is 5.37. The lowest BCUT2D eigenvalue weighted by molar-refractivity contribution is 0.0164. The van der Waals surface area contributed by atoms with Crippen LogP contribution >= 0.6 is 11.3 Å². The number of aliphatic hydroxyl groups excluding tert-OH is 1. The minimum atomic E-state index is -0.587. The maximum atomic E-state index is 12.2. The summed E-state index contributed by atoms with van der Waals surface area (Å²) in [6.07, 6.45) is 1.85. The van der Waals surface area contributed by atoms with Gasteiger partial charge in [0.1, 0.15) is 5.60 Å². The summed E-state index contributed by atoms with van der Waals surface area (Å²) in [5, 5.41) is 14.0. The number of amides is 1. The molecule has 1 amide bonds. The van der Waals surface area contributed by atoms with Crippen LogP contribution in [0.2, 0.25) is 0 Å². The number of hydrogen-bond donors (Lipinski definition) is 2. The standard InChI is InChI=1S/C16H29N3O3S/c1-6-14-18-10-13(23-14)9-17-7-8-19(11-12(2)20)15(21)22-16(3,4)5/h10,12,17,20H,6-9,11H2,1-5H3. The molecule has 0 spiro atoms. The number of carbonyl (C=O) groups is 1. The van der Waals surface area contributed by atoms with Crippen LogP contribution in [0.3, 0.4) is 0 Å². The normalized spacial score (nSPS) is 13.0. The van der Waals surface area contributed by atoms with Crippen molar-refractivity contribution in [3.8, 4) is 0 Å². The third kappa shape index (κ3) is 8.29. The van der Waals surface area contributed by atoms with Crippen molar-refractivity contribution < 1.29 is 14.6 Å². The fourth-order valence-corrected chi connectivity index (χ4v) is 2.75. The summed E-state index contributed by atoms with van der Waals surface area (Å²) in [5.74, 6) is 0. The zero-order chi connectivity index (χ0) is 17.5. The second-order valence-corrected chi connectivity index (χ2v) is 7.73. The van der Waals surface area contributed by atoms with Crippen LogP contribution in [0.1, 0.15) is 44.5 Å². The molecule has 0 fully saturated rings. The Kier molecular flexibility index (Phi) is 7.94. The molecule has 2 N–H and O–H groups in total. The molecule has 0 aliphatic rings. The van der Waals surface area contributed by atoms with Gasteiger partial charge in [0.05, 0.1) is 11.1 Å². The van der Waals surface area contributed by atoms with Crippen molar-refractivity contribution in [3.05, 3.63) is 16.1 Å². The Morgan fingerprint density at radius 3 is 2.74 bits per heavy atom. The van der Waals surface area contributed by atoms with Crippen molar-refractivity contribution in [2.75, 3.05) is 19.6 Å². The Morgan fingerprint density at radius 1 is 1.52 bits per heavy atom. The SMILES string of the molecule is CCc1ncc(CNCCN(CC(C)O)C(=O)OC(C)(C)C)s1. The van der Waals surface area contributed by atoms with E-state index in [1.807, 2.05) is 27.0 Å². The zero-order valence-electron chi connectivity index (χ0n) is 14.8. The highest BCUT2D eigenvalue weighted by atomic mass is 32.1. The van der Waals surface area contributed by atoms with Crippen LogP contribution in [0.4, 0.5) is 4.79 Å². The number of rotatable bonds is 8. The monoisotopic (exact) mass is 343 g/mol. The number of aryl methyl sites for hydroxylation is 1. The third-order valence-electron chi connectivity index (χ3n) is 2.90. The molecule has 1 unspecified atom stereocenters. The number of hydrogen-bond acceptors (Lipinski definition) is 6. The molecule has 0 saturated heterocycles. The van der Waals surface area contributed by atoms with Gasteiger partial charge in [0.25, 0.3) is 0 Å². The fourth-order valence-electron chi connectivity index (χ4n) is 1.92. The maximum Gasteiger partial charge on any atom is 0.410 e. The van der Waals surface area contributed by atoms with Gasteiger partial charge in [-0.3, -0.25) is 0 Å². The lowest BCUT2D eigenvalue weighted by atomic mass is 10.2. The average Bonchev–Trinajstić information content (AvgIpc) is 2.87. The fraction of sp³-hybridized carbons (Fsp3) is 0.750. The lowest BCUT2D eigenvalue weighted by Crippen LogP contribution is -2.43. The smallest absolute Gasteiger partial charge is 0.410 e. The first-order valence-electron chi connectivity index (χ1n) is 8.01.